The maximum Gasteiger partial charge on any atom is 0.317 e. The van der Waals surface area contributed by atoms with Crippen LogP contribution < -0.4 is 10.7 Å². The zero-order valence-electron chi connectivity index (χ0n) is 13.5. The minimum atomic E-state index is -0.413. The van der Waals surface area contributed by atoms with Crippen LogP contribution in [0, 0.1) is 11.8 Å². The van der Waals surface area contributed by atoms with Gasteiger partial charge in [-0.3, -0.25) is 4.79 Å². The number of nitrogens with zero attached hydrogens (tertiary/aromatic N) is 2. The molecule has 2 rings (SSSR count). The number of rotatable bonds is 6. The summed E-state index contributed by atoms with van der Waals surface area (Å²) in [6.07, 6.45) is 1.16. The van der Waals surface area contributed by atoms with Gasteiger partial charge < -0.3 is 10.4 Å². The highest BCUT2D eigenvalue weighted by atomic mass is 79.9. The minimum absolute atomic E-state index is 0.0331. The smallest absolute Gasteiger partial charge is 0.317 e. The number of aromatic hydroxyl groups is 1. The summed E-state index contributed by atoms with van der Waals surface area (Å²) in [4.78, 5) is 22.4. The van der Waals surface area contributed by atoms with E-state index in [9.17, 15) is 14.8 Å². The van der Waals surface area contributed by atoms with Crippen molar-refractivity contribution in [2.24, 2.45) is 5.10 Å². The Bertz CT molecular complexity index is 864. The number of aryl methyl sites for hydroxylation is 1. The van der Waals surface area contributed by atoms with Crippen LogP contribution in [-0.2, 0) is 4.79 Å². The molecule has 0 aliphatic carbocycles. The Morgan fingerprint density at radius 2 is 1.92 bits per heavy atom. The normalized spacial score (nSPS) is 10.7. The Hall–Kier alpha value is -2.46. The van der Waals surface area contributed by atoms with E-state index in [4.69, 9.17) is 5.21 Å². The molecule has 0 spiro atoms. The number of benzene rings is 2. The molecule has 0 atom stereocenters. The Morgan fingerprint density at radius 1 is 1.27 bits per heavy atom. The van der Waals surface area contributed by atoms with E-state index in [2.05, 4.69) is 47.7 Å². The predicted molar refractivity (Wildman–Crippen MR) is 104 cm³/mol. The summed E-state index contributed by atoms with van der Waals surface area (Å²) in [7, 11) is 0. The van der Waals surface area contributed by atoms with Gasteiger partial charge in [0.1, 0.15) is 5.75 Å². The number of hydrazone groups is 1. The van der Waals surface area contributed by atoms with Crippen molar-refractivity contribution < 1.29 is 20.0 Å². The third-order valence-corrected chi connectivity index (χ3v) is 4.49. The van der Waals surface area contributed by atoms with Crippen LogP contribution in [0.5, 0.6) is 5.75 Å². The summed E-state index contributed by atoms with van der Waals surface area (Å²) < 4.78 is 1.63. The molecule has 0 bridgehead atoms. The lowest BCUT2D eigenvalue weighted by Crippen LogP contribution is -2.26. The summed E-state index contributed by atoms with van der Waals surface area (Å²) in [5, 5.41) is 25.3. The molecular formula is C16H15Br2N4O4+. The van der Waals surface area contributed by atoms with Gasteiger partial charge in [0.05, 0.1) is 23.4 Å². The van der Waals surface area contributed by atoms with E-state index in [1.54, 1.807) is 0 Å². The average molecular weight is 487 g/mol. The molecule has 0 aliphatic heterocycles. The Morgan fingerprint density at radius 3 is 2.54 bits per heavy atom. The third-order valence-electron chi connectivity index (χ3n) is 3.24. The van der Waals surface area contributed by atoms with Crippen LogP contribution in [0.25, 0.3) is 0 Å². The van der Waals surface area contributed by atoms with Gasteiger partial charge in [-0.25, -0.2) is 10.6 Å². The summed E-state index contributed by atoms with van der Waals surface area (Å²) in [5.41, 5.74) is 4.18. The second-order valence-electron chi connectivity index (χ2n) is 5.27. The first-order chi connectivity index (χ1) is 12.3. The van der Waals surface area contributed by atoms with E-state index >= 15 is 0 Å². The van der Waals surface area contributed by atoms with Crippen LogP contribution in [0.2, 0.25) is 0 Å². The van der Waals surface area contributed by atoms with Gasteiger partial charge in [0.2, 0.25) is 0 Å². The Labute approximate surface area is 165 Å². The van der Waals surface area contributed by atoms with Crippen LogP contribution in [0.4, 0.5) is 11.4 Å². The standard InChI is InChI=1S/C16H14Br2N4O4/c1-9-4-12(17)16(13(18)5-9)19-8-15(24)21-20-7-10-6-11(22(25)26)2-3-14(10)23/h2-7,19H,8H2,1H3,(H2-,20,21,23,24,25,26)/p+1. The lowest BCUT2D eigenvalue weighted by Gasteiger charge is -2.11. The van der Waals surface area contributed by atoms with E-state index < -0.39 is 5.91 Å². The van der Waals surface area contributed by atoms with E-state index in [1.165, 1.54) is 18.2 Å². The molecule has 0 fully saturated rings. The zero-order chi connectivity index (χ0) is 19.3. The van der Waals surface area contributed by atoms with E-state index in [0.29, 0.717) is 0 Å². The lowest BCUT2D eigenvalue weighted by atomic mass is 10.2. The first kappa shape index (κ1) is 19.9. The van der Waals surface area contributed by atoms with Crippen molar-refractivity contribution in [2.75, 3.05) is 11.9 Å². The molecule has 2 aromatic carbocycles. The van der Waals surface area contributed by atoms with Gasteiger partial charge >= 0.3 is 5.69 Å². The van der Waals surface area contributed by atoms with Crippen molar-refractivity contribution in [1.29, 1.82) is 0 Å². The molecule has 10 heteroatoms. The van der Waals surface area contributed by atoms with Crippen molar-refractivity contribution in [3.8, 4) is 5.75 Å². The quantitative estimate of drug-likeness (QED) is 0.368. The number of phenolic OH excluding ortho intramolecular Hbond substituents is 1. The number of hydrogen-bond acceptors (Lipinski definition) is 5. The molecule has 0 heterocycles. The van der Waals surface area contributed by atoms with E-state index in [-0.39, 0.29) is 28.5 Å². The number of phenols is 1. The van der Waals surface area contributed by atoms with Crippen molar-refractivity contribution in [2.45, 2.75) is 6.92 Å². The first-order valence-electron chi connectivity index (χ1n) is 7.28. The molecule has 8 nitrogen and oxygen atoms in total. The first-order valence-corrected chi connectivity index (χ1v) is 8.87. The van der Waals surface area contributed by atoms with Crippen molar-refractivity contribution >= 4 is 55.4 Å². The fourth-order valence-electron chi connectivity index (χ4n) is 2.02. The molecule has 0 radical (unpaired) electrons. The van der Waals surface area contributed by atoms with Gasteiger partial charge in [-0.05, 0) is 62.5 Å². The van der Waals surface area contributed by atoms with Crippen LogP contribution >= 0.6 is 31.9 Å². The van der Waals surface area contributed by atoms with Gasteiger partial charge in [0, 0.05) is 26.6 Å². The number of nitrogens with one attached hydrogen (secondary N) is 2. The second kappa shape index (κ2) is 8.77. The highest BCUT2D eigenvalue weighted by molar-refractivity contribution is 9.11. The maximum absolute atomic E-state index is 11.9. The summed E-state index contributed by atoms with van der Waals surface area (Å²) in [6, 6.07) is 7.52. The molecule has 4 N–H and O–H groups in total. The molecule has 136 valence electrons. The van der Waals surface area contributed by atoms with Crippen LogP contribution in [0.15, 0.2) is 44.4 Å². The fourth-order valence-corrected chi connectivity index (χ4v) is 3.71. The highest BCUT2D eigenvalue weighted by Gasteiger charge is 2.13. The van der Waals surface area contributed by atoms with Gasteiger partial charge in [-0.15, -0.1) is 0 Å². The monoisotopic (exact) mass is 485 g/mol. The number of carbonyl (C=O) groups excluding carboxylic acids is 1. The molecule has 0 unspecified atom stereocenters. The summed E-state index contributed by atoms with van der Waals surface area (Å²) in [6.45, 7) is 1.92. The van der Waals surface area contributed by atoms with Gasteiger partial charge in [0.15, 0.2) is 0 Å². The molecule has 2 aromatic rings. The highest BCUT2D eigenvalue weighted by Crippen LogP contribution is 2.32. The van der Waals surface area contributed by atoms with Gasteiger partial charge in [-0.1, -0.05) is 0 Å². The number of hydrogen-bond donors (Lipinski definition) is 4. The van der Waals surface area contributed by atoms with Gasteiger partial charge in [0.25, 0.3) is 10.8 Å². The summed E-state index contributed by atoms with van der Waals surface area (Å²) in [5.74, 6) is -0.567. The lowest BCUT2D eigenvalue weighted by molar-refractivity contribution is -0.729. The SMILES string of the molecule is Cc1cc(Br)c(NCC(=O)N/N=C/c2cc([N+](=O)O)ccc2O)c(Br)c1. The average Bonchev–Trinajstić information content (AvgIpc) is 2.55. The van der Waals surface area contributed by atoms with Crippen molar-refractivity contribution in [3.63, 3.8) is 0 Å². The van der Waals surface area contributed by atoms with Crippen LogP contribution in [0.1, 0.15) is 11.1 Å². The number of carbonyl (C=O) groups is 1. The van der Waals surface area contributed by atoms with Crippen LogP contribution in [0.3, 0.4) is 0 Å². The molecule has 26 heavy (non-hydrogen) atoms. The number of halogens is 2. The maximum atomic E-state index is 11.9. The van der Waals surface area contributed by atoms with Crippen molar-refractivity contribution in [1.82, 2.24) is 5.43 Å². The second-order valence-corrected chi connectivity index (χ2v) is 6.98. The third kappa shape index (κ3) is 5.27. The van der Waals surface area contributed by atoms with Crippen molar-refractivity contribution in [3.05, 3.63) is 55.3 Å². The largest absolute Gasteiger partial charge is 0.507 e. The fraction of sp³-hybridized carbons (Fsp3) is 0.125. The predicted octanol–water partition coefficient (Wildman–Crippen LogP) is 3.59. The molecule has 0 aliphatic rings. The summed E-state index contributed by atoms with van der Waals surface area (Å²) >= 11 is 6.85. The molecule has 1 amide bonds. The topological polar surface area (TPSA) is 114 Å². The molecular weight excluding hydrogens is 472 g/mol. The van der Waals surface area contributed by atoms with Gasteiger partial charge in [-0.2, -0.15) is 5.10 Å². The Kier molecular flexibility index (Phi) is 6.70. The molecule has 0 saturated heterocycles. The molecule has 0 aromatic heterocycles. The zero-order valence-corrected chi connectivity index (χ0v) is 16.7. The number of anilines is 1. The Balaban J connectivity index is 1.96. The minimum Gasteiger partial charge on any atom is -0.507 e. The van der Waals surface area contributed by atoms with E-state index in [0.717, 1.165) is 26.4 Å². The van der Waals surface area contributed by atoms with E-state index in [1.807, 2.05) is 19.1 Å². The van der Waals surface area contributed by atoms with Crippen LogP contribution in [-0.4, -0.2) is 33.9 Å². The number of amides is 1. The molecule has 0 saturated carbocycles.